The Morgan fingerprint density at radius 2 is 2.10 bits per heavy atom. The van der Waals surface area contributed by atoms with Gasteiger partial charge in [-0.15, -0.1) is 0 Å². The molecule has 20 heavy (non-hydrogen) atoms. The molecule has 1 unspecified atom stereocenters. The second kappa shape index (κ2) is 6.05. The zero-order chi connectivity index (χ0) is 14.7. The molecule has 0 bridgehead atoms. The van der Waals surface area contributed by atoms with Gasteiger partial charge in [0, 0.05) is 30.4 Å². The molecule has 1 aliphatic rings. The number of likely N-dealkylation sites (tertiary alicyclic amines) is 1. The summed E-state index contributed by atoms with van der Waals surface area (Å²) in [6.45, 7) is 3.02. The van der Waals surface area contributed by atoms with Crippen LogP contribution in [0.2, 0.25) is 0 Å². The highest BCUT2D eigenvalue weighted by atomic mass is 16.2. The van der Waals surface area contributed by atoms with Crippen molar-refractivity contribution in [1.29, 1.82) is 0 Å². The third-order valence-corrected chi connectivity index (χ3v) is 3.70. The minimum atomic E-state index is -0.102. The highest BCUT2D eigenvalue weighted by molar-refractivity contribution is 5.96. The number of ketones is 1. The molecule has 1 saturated heterocycles. The monoisotopic (exact) mass is 275 g/mol. The lowest BCUT2D eigenvalue weighted by Crippen LogP contribution is -2.36. The molecule has 1 aromatic carbocycles. The van der Waals surface area contributed by atoms with Crippen molar-refractivity contribution in [3.8, 4) is 0 Å². The number of nitrogens with one attached hydrogen (secondary N) is 1. The van der Waals surface area contributed by atoms with Crippen LogP contribution in [0.3, 0.4) is 0 Å². The second-order valence-corrected chi connectivity index (χ2v) is 5.42. The van der Waals surface area contributed by atoms with Crippen molar-refractivity contribution in [2.75, 3.05) is 32.5 Å². The quantitative estimate of drug-likeness (QED) is 0.859. The Bertz CT molecular complexity index is 514. The van der Waals surface area contributed by atoms with Crippen LogP contribution >= 0.6 is 0 Å². The normalized spacial score (nSPS) is 18.4. The number of rotatable bonds is 3. The van der Waals surface area contributed by atoms with Gasteiger partial charge in [0.2, 0.25) is 0 Å². The van der Waals surface area contributed by atoms with Crippen molar-refractivity contribution in [3.63, 3.8) is 0 Å². The van der Waals surface area contributed by atoms with Crippen LogP contribution in [0.5, 0.6) is 0 Å². The zero-order valence-corrected chi connectivity index (χ0v) is 12.2. The molecule has 0 radical (unpaired) electrons. The van der Waals surface area contributed by atoms with Crippen molar-refractivity contribution in [3.05, 3.63) is 29.8 Å². The first-order chi connectivity index (χ1) is 9.47. The van der Waals surface area contributed by atoms with E-state index in [1.165, 1.54) is 6.92 Å². The minimum absolute atomic E-state index is 0.00468. The molecule has 1 aromatic rings. The largest absolute Gasteiger partial charge is 0.323 e. The molecular formula is C15H21N3O2. The Kier molecular flexibility index (Phi) is 4.39. The van der Waals surface area contributed by atoms with Gasteiger partial charge >= 0.3 is 6.03 Å². The third-order valence-electron chi connectivity index (χ3n) is 3.70. The van der Waals surface area contributed by atoms with Crippen LogP contribution in [0.1, 0.15) is 23.7 Å². The van der Waals surface area contributed by atoms with Gasteiger partial charge in [-0.25, -0.2) is 4.79 Å². The van der Waals surface area contributed by atoms with E-state index >= 15 is 0 Å². The molecule has 5 heteroatoms. The van der Waals surface area contributed by atoms with E-state index in [2.05, 4.69) is 10.2 Å². The SMILES string of the molecule is CC(=O)c1cccc(NC(=O)N2CCC(N(C)C)C2)c1. The Balaban J connectivity index is 1.98. The van der Waals surface area contributed by atoms with E-state index in [0.29, 0.717) is 17.3 Å². The van der Waals surface area contributed by atoms with Crippen LogP contribution in [0.25, 0.3) is 0 Å². The van der Waals surface area contributed by atoms with Gasteiger partial charge in [-0.3, -0.25) is 4.79 Å². The highest BCUT2D eigenvalue weighted by Crippen LogP contribution is 2.16. The van der Waals surface area contributed by atoms with Gasteiger partial charge in [-0.2, -0.15) is 0 Å². The molecule has 108 valence electrons. The van der Waals surface area contributed by atoms with Crippen LogP contribution in [0, 0.1) is 0 Å². The van der Waals surface area contributed by atoms with Crippen LogP contribution in [0.4, 0.5) is 10.5 Å². The van der Waals surface area contributed by atoms with Crippen molar-refractivity contribution in [2.45, 2.75) is 19.4 Å². The summed E-state index contributed by atoms with van der Waals surface area (Å²) < 4.78 is 0. The summed E-state index contributed by atoms with van der Waals surface area (Å²) in [5, 5.41) is 2.85. The van der Waals surface area contributed by atoms with Crippen molar-refractivity contribution in [2.24, 2.45) is 0 Å². The molecule has 1 heterocycles. The molecule has 1 N–H and O–H groups in total. The van der Waals surface area contributed by atoms with Crippen molar-refractivity contribution in [1.82, 2.24) is 9.80 Å². The van der Waals surface area contributed by atoms with Gasteiger partial charge in [0.25, 0.3) is 0 Å². The van der Waals surface area contributed by atoms with Gasteiger partial charge in [0.05, 0.1) is 0 Å². The first-order valence-corrected chi connectivity index (χ1v) is 6.80. The molecule has 1 aliphatic heterocycles. The number of Topliss-reactive ketones (excluding diaryl/α,β-unsaturated/α-hetero) is 1. The molecule has 0 saturated carbocycles. The number of amides is 2. The van der Waals surface area contributed by atoms with Gasteiger partial charge in [-0.05, 0) is 39.6 Å². The fraction of sp³-hybridized carbons (Fsp3) is 0.467. The minimum Gasteiger partial charge on any atom is -0.323 e. The molecule has 2 amide bonds. The van der Waals surface area contributed by atoms with E-state index in [1.54, 1.807) is 24.3 Å². The number of nitrogens with zero attached hydrogens (tertiary/aromatic N) is 2. The number of urea groups is 1. The molecule has 2 rings (SSSR count). The predicted octanol–water partition coefficient (Wildman–Crippen LogP) is 2.06. The first kappa shape index (κ1) is 14.5. The number of likely N-dealkylation sites (N-methyl/N-ethyl adjacent to an activating group) is 1. The Hall–Kier alpha value is -1.88. The Morgan fingerprint density at radius 1 is 1.35 bits per heavy atom. The van der Waals surface area contributed by atoms with E-state index in [-0.39, 0.29) is 11.8 Å². The van der Waals surface area contributed by atoms with Gasteiger partial charge in [0.15, 0.2) is 5.78 Å². The van der Waals surface area contributed by atoms with Crippen molar-refractivity contribution >= 4 is 17.5 Å². The summed E-state index contributed by atoms with van der Waals surface area (Å²) in [4.78, 5) is 27.5. The van der Waals surface area contributed by atoms with Gasteiger partial charge in [0.1, 0.15) is 0 Å². The highest BCUT2D eigenvalue weighted by Gasteiger charge is 2.27. The van der Waals surface area contributed by atoms with Gasteiger partial charge < -0.3 is 15.1 Å². The molecule has 5 nitrogen and oxygen atoms in total. The number of benzene rings is 1. The van der Waals surface area contributed by atoms with Crippen LogP contribution in [-0.2, 0) is 0 Å². The zero-order valence-electron chi connectivity index (χ0n) is 12.2. The van der Waals surface area contributed by atoms with Crippen LogP contribution in [0.15, 0.2) is 24.3 Å². The number of anilines is 1. The van der Waals surface area contributed by atoms with Crippen LogP contribution < -0.4 is 5.32 Å². The van der Waals surface area contributed by atoms with E-state index in [0.717, 1.165) is 19.5 Å². The molecule has 0 aliphatic carbocycles. The number of carbonyl (C=O) groups excluding carboxylic acids is 2. The Morgan fingerprint density at radius 3 is 2.70 bits per heavy atom. The smallest absolute Gasteiger partial charge is 0.321 e. The summed E-state index contributed by atoms with van der Waals surface area (Å²) in [7, 11) is 4.06. The lowest BCUT2D eigenvalue weighted by atomic mass is 10.1. The standard InChI is InChI=1S/C15H21N3O2/c1-11(19)12-5-4-6-13(9-12)16-15(20)18-8-7-14(10-18)17(2)3/h4-6,9,14H,7-8,10H2,1-3H3,(H,16,20). The lowest BCUT2D eigenvalue weighted by Gasteiger charge is -2.20. The lowest BCUT2D eigenvalue weighted by molar-refractivity contribution is 0.101. The molecular weight excluding hydrogens is 254 g/mol. The molecule has 1 atom stereocenters. The molecule has 0 spiro atoms. The summed E-state index contributed by atoms with van der Waals surface area (Å²) in [6.07, 6.45) is 0.994. The van der Waals surface area contributed by atoms with E-state index in [1.807, 2.05) is 19.0 Å². The fourth-order valence-electron chi connectivity index (χ4n) is 2.37. The predicted molar refractivity (Wildman–Crippen MR) is 79.1 cm³/mol. The third kappa shape index (κ3) is 3.36. The molecule has 1 fully saturated rings. The van der Waals surface area contributed by atoms with Crippen LogP contribution in [-0.4, -0.2) is 54.8 Å². The number of hydrogen-bond acceptors (Lipinski definition) is 3. The molecule has 0 aromatic heterocycles. The average molecular weight is 275 g/mol. The van der Waals surface area contributed by atoms with E-state index in [9.17, 15) is 9.59 Å². The Labute approximate surface area is 119 Å². The first-order valence-electron chi connectivity index (χ1n) is 6.80. The maximum atomic E-state index is 12.2. The fourth-order valence-corrected chi connectivity index (χ4v) is 2.37. The van der Waals surface area contributed by atoms with E-state index in [4.69, 9.17) is 0 Å². The maximum Gasteiger partial charge on any atom is 0.321 e. The summed E-state index contributed by atoms with van der Waals surface area (Å²) in [5.74, 6) is -0.00468. The van der Waals surface area contributed by atoms with E-state index < -0.39 is 0 Å². The van der Waals surface area contributed by atoms with Gasteiger partial charge in [-0.1, -0.05) is 12.1 Å². The average Bonchev–Trinajstić information content (AvgIpc) is 2.88. The maximum absolute atomic E-state index is 12.2. The summed E-state index contributed by atoms with van der Waals surface area (Å²) >= 11 is 0. The van der Waals surface area contributed by atoms with Crippen molar-refractivity contribution < 1.29 is 9.59 Å². The number of carbonyl (C=O) groups is 2. The topological polar surface area (TPSA) is 52.7 Å². The summed E-state index contributed by atoms with van der Waals surface area (Å²) in [5.41, 5.74) is 1.27. The summed E-state index contributed by atoms with van der Waals surface area (Å²) in [6, 6.07) is 7.35. The number of hydrogen-bond donors (Lipinski definition) is 1. The second-order valence-electron chi connectivity index (χ2n) is 5.42.